The molecule has 0 saturated heterocycles. The molecule has 1 N–H and O–H groups in total. The number of hydrogen-bond donors (Lipinski definition) is 1. The third-order valence-electron chi connectivity index (χ3n) is 5.09. The van der Waals surface area contributed by atoms with Crippen LogP contribution in [0.5, 0.6) is 5.75 Å². The van der Waals surface area contributed by atoms with Gasteiger partial charge in [0, 0.05) is 19.3 Å². The van der Waals surface area contributed by atoms with Gasteiger partial charge in [0.2, 0.25) is 5.90 Å². The smallest absolute Gasteiger partial charge is 0.232 e. The van der Waals surface area contributed by atoms with Gasteiger partial charge in [0.15, 0.2) is 5.78 Å². The molecule has 1 aromatic rings. The Morgan fingerprint density at radius 2 is 1.97 bits per heavy atom. The van der Waals surface area contributed by atoms with E-state index in [1.165, 1.54) is 0 Å². The van der Waals surface area contributed by atoms with Crippen LogP contribution < -0.4 is 4.74 Å². The number of benzene rings is 1. The lowest BCUT2D eigenvalue weighted by atomic mass is 9.85. The van der Waals surface area contributed by atoms with Crippen LogP contribution in [0.15, 0.2) is 59.2 Å². The van der Waals surface area contributed by atoms with Gasteiger partial charge in [0.25, 0.3) is 0 Å². The summed E-state index contributed by atoms with van der Waals surface area (Å²) in [5, 5.41) is 15.3. The normalized spacial score (nSPS) is 15.4. The minimum Gasteiger partial charge on any atom is -0.491 e. The van der Waals surface area contributed by atoms with Gasteiger partial charge < -0.3 is 19.5 Å². The molecule has 0 fully saturated rings. The Bertz CT molecular complexity index is 982. The van der Waals surface area contributed by atoms with Crippen LogP contribution in [0.25, 0.3) is 0 Å². The summed E-state index contributed by atoms with van der Waals surface area (Å²) in [6.07, 6.45) is 3.76. The van der Waals surface area contributed by atoms with E-state index in [2.05, 4.69) is 32.5 Å². The van der Waals surface area contributed by atoms with Crippen molar-refractivity contribution in [2.45, 2.75) is 40.0 Å². The van der Waals surface area contributed by atoms with Crippen molar-refractivity contribution in [1.29, 1.82) is 0 Å². The van der Waals surface area contributed by atoms with Crippen molar-refractivity contribution in [1.82, 2.24) is 9.91 Å². The predicted octanol–water partition coefficient (Wildman–Crippen LogP) is 4.45. The van der Waals surface area contributed by atoms with Crippen LogP contribution in [-0.4, -0.2) is 53.1 Å². The van der Waals surface area contributed by atoms with E-state index in [0.29, 0.717) is 29.6 Å². The molecule has 2 heterocycles. The summed E-state index contributed by atoms with van der Waals surface area (Å²) in [5.74, 6) is 1.63. The highest BCUT2D eigenvalue weighted by Gasteiger charge is 2.31. The van der Waals surface area contributed by atoms with Crippen molar-refractivity contribution < 1.29 is 20.8 Å². The average Bonchev–Trinajstić information content (AvgIpc) is 3.02. The highest BCUT2D eigenvalue weighted by atomic mass is 35.5. The first kappa shape index (κ1) is 25.5. The van der Waals surface area contributed by atoms with Crippen LogP contribution in [-0.2, 0) is 10.2 Å². The molecule has 0 saturated carbocycles. The largest absolute Gasteiger partial charge is 0.491 e. The number of carbonyl (C=O) groups excluding carboxylic acids is 1. The number of aliphatic hydroxyl groups excluding tert-OH is 1. The van der Waals surface area contributed by atoms with E-state index in [0.717, 1.165) is 16.8 Å². The first-order valence-corrected chi connectivity index (χ1v) is 10.4. The van der Waals surface area contributed by atoms with Gasteiger partial charge in [-0.15, -0.1) is 17.5 Å². The molecule has 0 atom stereocenters. The molecule has 1 aromatic carbocycles. The zero-order valence-corrected chi connectivity index (χ0v) is 20.2. The molecule has 3 rings (SSSR count). The molecule has 0 bridgehead atoms. The Hall–Kier alpha value is -2.77. The lowest BCUT2D eigenvalue weighted by Crippen LogP contribution is -2.27. The summed E-state index contributed by atoms with van der Waals surface area (Å²) in [5.41, 5.74) is 3.26. The monoisotopic (exact) mass is 463 g/mol. The van der Waals surface area contributed by atoms with Crippen molar-refractivity contribution in [2.24, 2.45) is 5.10 Å². The van der Waals surface area contributed by atoms with Gasteiger partial charge in [0.1, 0.15) is 18.2 Å². The standard InChI is InChI=1S/C24H31N3O4.ClH.H2/c1-7-30-23-10-16(2)21-14-26(17(3)27(21)25-23)15-22(29)18-11-19(24(4,5)6)13-20(12-18)31-9-8-28;;/h10-14,28H,3,7-9,15H2,1-2,4-6H3;2*1H. The van der Waals surface area contributed by atoms with Gasteiger partial charge in [0.05, 0.1) is 25.5 Å². The van der Waals surface area contributed by atoms with Crippen LogP contribution >= 0.6 is 12.4 Å². The van der Waals surface area contributed by atoms with Crippen LogP contribution in [0, 0.1) is 0 Å². The van der Waals surface area contributed by atoms with Crippen LogP contribution in [0.4, 0.5) is 0 Å². The number of hydrogen-bond acceptors (Lipinski definition) is 7. The van der Waals surface area contributed by atoms with Crippen LogP contribution in [0.1, 0.15) is 52.0 Å². The number of rotatable bonds is 7. The Morgan fingerprint density at radius 1 is 1.25 bits per heavy atom. The van der Waals surface area contributed by atoms with Gasteiger partial charge >= 0.3 is 0 Å². The van der Waals surface area contributed by atoms with Crippen LogP contribution in [0.3, 0.4) is 0 Å². The molecule has 0 spiro atoms. The second-order valence-corrected chi connectivity index (χ2v) is 8.56. The number of carbonyl (C=O) groups is 1. The summed E-state index contributed by atoms with van der Waals surface area (Å²) in [6, 6.07) is 5.55. The van der Waals surface area contributed by atoms with Gasteiger partial charge in [-0.3, -0.25) is 4.79 Å². The van der Waals surface area contributed by atoms with E-state index >= 15 is 0 Å². The highest BCUT2D eigenvalue weighted by molar-refractivity contribution is 5.98. The number of allylic oxidation sites excluding steroid dienone is 1. The van der Waals surface area contributed by atoms with E-state index in [1.807, 2.05) is 38.3 Å². The molecule has 0 radical (unpaired) electrons. The molecule has 0 amide bonds. The second kappa shape index (κ2) is 10.2. The Kier molecular flexibility index (Phi) is 8.15. The lowest BCUT2D eigenvalue weighted by molar-refractivity contribution is 0.0962. The second-order valence-electron chi connectivity index (χ2n) is 8.56. The first-order valence-electron chi connectivity index (χ1n) is 10.4. The molecule has 0 unspecified atom stereocenters. The molecule has 0 aromatic heterocycles. The minimum atomic E-state index is -0.153. The first-order chi connectivity index (χ1) is 14.6. The van der Waals surface area contributed by atoms with E-state index in [-0.39, 0.29) is 44.8 Å². The zero-order chi connectivity index (χ0) is 22.8. The molecule has 176 valence electrons. The molecular formula is C24H34ClN3O4. The van der Waals surface area contributed by atoms with Crippen molar-refractivity contribution in [3.8, 4) is 5.75 Å². The average molecular weight is 464 g/mol. The zero-order valence-electron chi connectivity index (χ0n) is 19.3. The van der Waals surface area contributed by atoms with Crippen LogP contribution in [0.2, 0.25) is 0 Å². The summed E-state index contributed by atoms with van der Waals surface area (Å²) in [7, 11) is 0. The predicted molar refractivity (Wildman–Crippen MR) is 130 cm³/mol. The van der Waals surface area contributed by atoms with E-state index in [1.54, 1.807) is 16.0 Å². The third-order valence-corrected chi connectivity index (χ3v) is 5.09. The molecule has 32 heavy (non-hydrogen) atoms. The van der Waals surface area contributed by atoms with Crippen molar-refractivity contribution in [3.05, 3.63) is 65.3 Å². The molecule has 0 aliphatic carbocycles. The van der Waals surface area contributed by atoms with Gasteiger partial charge in [-0.2, -0.15) is 0 Å². The molecule has 8 heteroatoms. The van der Waals surface area contributed by atoms with Crippen molar-refractivity contribution in [2.75, 3.05) is 26.4 Å². The topological polar surface area (TPSA) is 74.6 Å². The fourth-order valence-corrected chi connectivity index (χ4v) is 3.35. The Morgan fingerprint density at radius 3 is 2.59 bits per heavy atom. The summed E-state index contributed by atoms with van der Waals surface area (Å²) in [4.78, 5) is 15.0. The number of hydrazone groups is 1. The number of nitrogens with zero attached hydrogens (tertiary/aromatic N) is 3. The van der Waals surface area contributed by atoms with Crippen molar-refractivity contribution >= 4 is 24.1 Å². The van der Waals surface area contributed by atoms with E-state index < -0.39 is 0 Å². The Labute approximate surface area is 197 Å². The fraction of sp³-hybridized carbons (Fsp3) is 0.417. The summed E-state index contributed by atoms with van der Waals surface area (Å²) >= 11 is 0. The highest BCUT2D eigenvalue weighted by Crippen LogP contribution is 2.33. The molecule has 2 aliphatic heterocycles. The SMILES string of the molecule is C=C1N(CC(=O)c2cc(OCCO)cc(C(C)(C)C)c2)C=C2C(C)=CC(OCC)=NN12.Cl.[HH]. The maximum absolute atomic E-state index is 13.2. The van der Waals surface area contributed by atoms with Gasteiger partial charge in [-0.05, 0) is 48.6 Å². The molecule has 7 nitrogen and oxygen atoms in total. The quantitative estimate of drug-likeness (QED) is 0.602. The summed E-state index contributed by atoms with van der Waals surface area (Å²) < 4.78 is 11.1. The van der Waals surface area contributed by atoms with E-state index in [9.17, 15) is 4.79 Å². The maximum atomic E-state index is 13.2. The van der Waals surface area contributed by atoms with Gasteiger partial charge in [-0.1, -0.05) is 27.4 Å². The maximum Gasteiger partial charge on any atom is 0.232 e. The number of aliphatic hydroxyl groups is 1. The molecule has 2 aliphatic rings. The Balaban J connectivity index is 0.00000272. The fourth-order valence-electron chi connectivity index (χ4n) is 3.35. The minimum absolute atomic E-state index is 0. The van der Waals surface area contributed by atoms with E-state index in [4.69, 9.17) is 14.6 Å². The number of Topliss-reactive ketones (excluding diaryl/α,β-unsaturated/α-hetero) is 1. The van der Waals surface area contributed by atoms with Gasteiger partial charge in [-0.25, -0.2) is 5.01 Å². The lowest BCUT2D eigenvalue weighted by Gasteiger charge is -2.25. The number of halogens is 1. The number of fused-ring (bicyclic) bond motifs is 1. The molecular weight excluding hydrogens is 430 g/mol. The summed E-state index contributed by atoms with van der Waals surface area (Å²) in [6.45, 7) is 15.0. The number of ketones is 1. The number of ether oxygens (including phenoxy) is 2. The third kappa shape index (κ3) is 5.53. The van der Waals surface area contributed by atoms with Crippen molar-refractivity contribution in [3.63, 3.8) is 0 Å².